The molecule has 0 bridgehead atoms. The van der Waals surface area contributed by atoms with Crippen LogP contribution in [0, 0.1) is 0 Å². The van der Waals surface area contributed by atoms with Gasteiger partial charge in [0.05, 0.1) is 0 Å². The van der Waals surface area contributed by atoms with Crippen LogP contribution in [0.25, 0.3) is 10.1 Å². The number of nitrogens with zero attached hydrogens (tertiary/aromatic N) is 2. The fourth-order valence-electron chi connectivity index (χ4n) is 2.88. The van der Waals surface area contributed by atoms with E-state index in [9.17, 15) is 4.79 Å². The number of amides is 1. The van der Waals surface area contributed by atoms with Gasteiger partial charge in [-0.3, -0.25) is 4.79 Å². The van der Waals surface area contributed by atoms with E-state index in [-0.39, 0.29) is 18.3 Å². The molecule has 4 nitrogen and oxygen atoms in total. The number of nitrogens with one attached hydrogen (secondary N) is 1. The van der Waals surface area contributed by atoms with Crippen molar-refractivity contribution in [2.75, 3.05) is 39.8 Å². The van der Waals surface area contributed by atoms with Gasteiger partial charge < -0.3 is 15.1 Å². The smallest absolute Gasteiger partial charge is 0.223 e. The molecule has 3 rings (SSSR count). The number of carbonyl (C=O) groups is 1. The van der Waals surface area contributed by atoms with E-state index in [4.69, 9.17) is 0 Å². The molecule has 23 heavy (non-hydrogen) atoms. The maximum absolute atomic E-state index is 12.2. The molecular formula is C17H24ClN3OS. The summed E-state index contributed by atoms with van der Waals surface area (Å²) >= 11 is 1.79. The first-order valence-corrected chi connectivity index (χ1v) is 8.74. The SMILES string of the molecule is CN(CCC(=O)N1CCNCC1)Cc1csc2ccccc12.Cl. The molecule has 0 radical (unpaired) electrons. The highest BCUT2D eigenvalue weighted by atomic mass is 35.5. The molecule has 1 aromatic heterocycles. The van der Waals surface area contributed by atoms with Gasteiger partial charge in [0, 0.05) is 50.4 Å². The molecule has 1 aliphatic rings. The van der Waals surface area contributed by atoms with Gasteiger partial charge in [0.2, 0.25) is 5.91 Å². The number of benzene rings is 1. The van der Waals surface area contributed by atoms with Crippen molar-refractivity contribution in [2.45, 2.75) is 13.0 Å². The Morgan fingerprint density at radius 2 is 2.04 bits per heavy atom. The first-order valence-electron chi connectivity index (χ1n) is 7.86. The van der Waals surface area contributed by atoms with Gasteiger partial charge in [-0.25, -0.2) is 0 Å². The fourth-order valence-corrected chi connectivity index (χ4v) is 3.84. The number of hydrogen-bond donors (Lipinski definition) is 1. The van der Waals surface area contributed by atoms with Crippen LogP contribution in [0.4, 0.5) is 0 Å². The molecule has 0 atom stereocenters. The number of hydrogen-bond acceptors (Lipinski definition) is 4. The van der Waals surface area contributed by atoms with Crippen molar-refractivity contribution in [2.24, 2.45) is 0 Å². The van der Waals surface area contributed by atoms with Crippen LogP contribution < -0.4 is 5.32 Å². The summed E-state index contributed by atoms with van der Waals surface area (Å²) in [7, 11) is 2.09. The third-order valence-electron chi connectivity index (χ3n) is 4.18. The number of thiophene rings is 1. The number of fused-ring (bicyclic) bond motifs is 1. The van der Waals surface area contributed by atoms with Crippen LogP contribution >= 0.6 is 23.7 Å². The molecule has 0 aliphatic carbocycles. The number of rotatable bonds is 5. The van der Waals surface area contributed by atoms with Gasteiger partial charge in [-0.2, -0.15) is 0 Å². The molecule has 1 fully saturated rings. The summed E-state index contributed by atoms with van der Waals surface area (Å²) in [4.78, 5) is 16.4. The van der Waals surface area contributed by atoms with E-state index in [0.717, 1.165) is 39.3 Å². The first kappa shape index (κ1) is 18.2. The fraction of sp³-hybridized carbons (Fsp3) is 0.471. The van der Waals surface area contributed by atoms with E-state index in [1.54, 1.807) is 11.3 Å². The van der Waals surface area contributed by atoms with Crippen LogP contribution in [0.2, 0.25) is 0 Å². The van der Waals surface area contributed by atoms with Gasteiger partial charge in [0.25, 0.3) is 0 Å². The highest BCUT2D eigenvalue weighted by molar-refractivity contribution is 7.17. The van der Waals surface area contributed by atoms with E-state index >= 15 is 0 Å². The molecule has 1 amide bonds. The third-order valence-corrected chi connectivity index (χ3v) is 5.19. The number of piperazine rings is 1. The van der Waals surface area contributed by atoms with Crippen molar-refractivity contribution in [3.63, 3.8) is 0 Å². The topological polar surface area (TPSA) is 35.6 Å². The largest absolute Gasteiger partial charge is 0.340 e. The Morgan fingerprint density at radius 1 is 1.30 bits per heavy atom. The van der Waals surface area contributed by atoms with E-state index in [1.165, 1.54) is 15.6 Å². The predicted molar refractivity (Wildman–Crippen MR) is 99.5 cm³/mol. The summed E-state index contributed by atoms with van der Waals surface area (Å²) in [5, 5.41) is 6.85. The molecule has 0 unspecified atom stereocenters. The maximum atomic E-state index is 12.2. The summed E-state index contributed by atoms with van der Waals surface area (Å²) < 4.78 is 1.34. The molecule has 2 aromatic rings. The summed E-state index contributed by atoms with van der Waals surface area (Å²) in [5.74, 6) is 0.281. The first-order chi connectivity index (χ1) is 10.7. The van der Waals surface area contributed by atoms with Gasteiger partial charge in [-0.15, -0.1) is 23.7 Å². The Balaban J connectivity index is 0.00000192. The van der Waals surface area contributed by atoms with Crippen molar-refractivity contribution in [1.82, 2.24) is 15.1 Å². The zero-order valence-corrected chi connectivity index (χ0v) is 15.1. The van der Waals surface area contributed by atoms with Gasteiger partial charge in [0.15, 0.2) is 0 Å². The van der Waals surface area contributed by atoms with Crippen molar-refractivity contribution in [1.29, 1.82) is 0 Å². The lowest BCUT2D eigenvalue weighted by Crippen LogP contribution is -2.47. The van der Waals surface area contributed by atoms with E-state index in [2.05, 4.69) is 46.9 Å². The zero-order valence-electron chi connectivity index (χ0n) is 13.5. The van der Waals surface area contributed by atoms with Gasteiger partial charge in [-0.1, -0.05) is 18.2 Å². The lowest BCUT2D eigenvalue weighted by molar-refractivity contribution is -0.132. The zero-order chi connectivity index (χ0) is 15.4. The molecular weight excluding hydrogens is 330 g/mol. The van der Waals surface area contributed by atoms with Crippen molar-refractivity contribution in [3.05, 3.63) is 35.2 Å². The maximum Gasteiger partial charge on any atom is 0.223 e. The van der Waals surface area contributed by atoms with Crippen molar-refractivity contribution < 1.29 is 4.79 Å². The summed E-state index contributed by atoms with van der Waals surface area (Å²) in [6.45, 7) is 5.24. The lowest BCUT2D eigenvalue weighted by Gasteiger charge is -2.28. The third kappa shape index (κ3) is 4.67. The van der Waals surface area contributed by atoms with Crippen molar-refractivity contribution in [3.8, 4) is 0 Å². The van der Waals surface area contributed by atoms with Crippen LogP contribution in [0.15, 0.2) is 29.6 Å². The average molecular weight is 354 g/mol. The average Bonchev–Trinajstić information content (AvgIpc) is 2.97. The van der Waals surface area contributed by atoms with Gasteiger partial charge in [-0.05, 0) is 29.4 Å². The highest BCUT2D eigenvalue weighted by Crippen LogP contribution is 2.26. The molecule has 0 saturated carbocycles. The minimum atomic E-state index is 0. The van der Waals surface area contributed by atoms with Crippen LogP contribution in [0.1, 0.15) is 12.0 Å². The molecule has 1 aliphatic heterocycles. The molecule has 126 valence electrons. The second-order valence-corrected chi connectivity index (χ2v) is 6.79. The van der Waals surface area contributed by atoms with Crippen LogP contribution in [-0.4, -0.2) is 55.5 Å². The molecule has 1 saturated heterocycles. The quantitative estimate of drug-likeness (QED) is 0.897. The van der Waals surface area contributed by atoms with Gasteiger partial charge >= 0.3 is 0 Å². The van der Waals surface area contributed by atoms with E-state index in [0.29, 0.717) is 6.42 Å². The summed E-state index contributed by atoms with van der Waals surface area (Å²) in [5.41, 5.74) is 1.36. The lowest BCUT2D eigenvalue weighted by atomic mass is 10.1. The Labute approximate surface area is 147 Å². The Kier molecular flexibility index (Phi) is 6.84. The van der Waals surface area contributed by atoms with Crippen LogP contribution in [0.5, 0.6) is 0 Å². The summed E-state index contributed by atoms with van der Waals surface area (Å²) in [6.07, 6.45) is 0.610. The molecule has 1 N–H and O–H groups in total. The molecule has 6 heteroatoms. The molecule has 1 aromatic carbocycles. The molecule has 2 heterocycles. The van der Waals surface area contributed by atoms with Crippen molar-refractivity contribution >= 4 is 39.7 Å². The van der Waals surface area contributed by atoms with Crippen LogP contribution in [-0.2, 0) is 11.3 Å². The number of halogens is 1. The summed E-state index contributed by atoms with van der Waals surface area (Å²) in [6, 6.07) is 8.52. The Bertz CT molecular complexity index is 640. The standard InChI is InChI=1S/C17H23N3OS.ClH/c1-19(9-6-17(21)20-10-7-18-8-11-20)12-14-13-22-16-5-3-2-4-15(14)16;/h2-5,13,18H,6-12H2,1H3;1H. The van der Waals surface area contributed by atoms with Gasteiger partial charge in [0.1, 0.15) is 0 Å². The highest BCUT2D eigenvalue weighted by Gasteiger charge is 2.16. The second kappa shape index (κ2) is 8.64. The minimum absolute atomic E-state index is 0. The number of carbonyl (C=O) groups excluding carboxylic acids is 1. The minimum Gasteiger partial charge on any atom is -0.340 e. The van der Waals surface area contributed by atoms with E-state index in [1.807, 2.05) is 4.90 Å². The predicted octanol–water partition coefficient (Wildman–Crippen LogP) is 2.58. The Hall–Kier alpha value is -1.14. The van der Waals surface area contributed by atoms with Crippen LogP contribution in [0.3, 0.4) is 0 Å². The normalized spacial score (nSPS) is 15.0. The second-order valence-electron chi connectivity index (χ2n) is 5.88. The monoisotopic (exact) mass is 353 g/mol. The van der Waals surface area contributed by atoms with E-state index < -0.39 is 0 Å². The Morgan fingerprint density at radius 3 is 2.83 bits per heavy atom. The molecule has 0 spiro atoms.